The number of aryl methyl sites for hydroxylation is 1. The molecule has 0 spiro atoms. The number of halogens is 1. The Morgan fingerprint density at radius 2 is 2.14 bits per heavy atom. The highest BCUT2D eigenvalue weighted by molar-refractivity contribution is 7.90. The molecule has 0 unspecified atom stereocenters. The third-order valence-corrected chi connectivity index (χ3v) is 4.17. The van der Waals surface area contributed by atoms with E-state index in [1.165, 1.54) is 12.1 Å². The van der Waals surface area contributed by atoms with Crippen molar-refractivity contribution >= 4 is 15.5 Å². The highest BCUT2D eigenvalue weighted by Gasteiger charge is 2.12. The third-order valence-electron chi connectivity index (χ3n) is 3.06. The Kier molecular flexibility index (Phi) is 5.12. The number of aromatic nitrogens is 2. The van der Waals surface area contributed by atoms with Crippen molar-refractivity contribution < 1.29 is 17.3 Å². The predicted octanol–water partition coefficient (Wildman–Crippen LogP) is 2.57. The number of sulfone groups is 1. The van der Waals surface area contributed by atoms with Gasteiger partial charge in [-0.1, -0.05) is 18.5 Å². The van der Waals surface area contributed by atoms with Crippen molar-refractivity contribution in [1.29, 1.82) is 0 Å². The maximum absolute atomic E-state index is 13.7. The average molecular weight is 327 g/mol. The van der Waals surface area contributed by atoms with E-state index in [0.29, 0.717) is 18.1 Å². The molecule has 2 rings (SSSR count). The minimum Gasteiger partial charge on any atom is -0.375 e. The second-order valence-corrected chi connectivity index (χ2v) is 6.99. The van der Waals surface area contributed by atoms with Gasteiger partial charge in [0.15, 0.2) is 15.7 Å². The molecule has 0 amide bonds. The van der Waals surface area contributed by atoms with E-state index in [2.05, 4.69) is 22.4 Å². The SMILES string of the molecule is CCCCc1nc(CNc2cc(S(C)(=O)=O)ccc2F)no1. The Bertz CT molecular complexity index is 744. The summed E-state index contributed by atoms with van der Waals surface area (Å²) in [5.74, 6) is 0.404. The normalized spacial score (nSPS) is 11.6. The van der Waals surface area contributed by atoms with E-state index >= 15 is 0 Å². The van der Waals surface area contributed by atoms with Crippen LogP contribution >= 0.6 is 0 Å². The summed E-state index contributed by atoms with van der Waals surface area (Å²) in [5, 5.41) is 6.58. The smallest absolute Gasteiger partial charge is 0.226 e. The van der Waals surface area contributed by atoms with Gasteiger partial charge in [-0.15, -0.1) is 0 Å². The van der Waals surface area contributed by atoms with E-state index in [4.69, 9.17) is 4.52 Å². The van der Waals surface area contributed by atoms with Crippen LogP contribution in [0, 0.1) is 5.82 Å². The van der Waals surface area contributed by atoms with E-state index in [0.717, 1.165) is 25.2 Å². The van der Waals surface area contributed by atoms with Crippen molar-refractivity contribution in [2.45, 2.75) is 37.6 Å². The highest BCUT2D eigenvalue weighted by atomic mass is 32.2. The van der Waals surface area contributed by atoms with E-state index < -0.39 is 15.7 Å². The molecule has 2 aromatic rings. The van der Waals surface area contributed by atoms with E-state index in [9.17, 15) is 12.8 Å². The molecule has 0 radical (unpaired) electrons. The lowest BCUT2D eigenvalue weighted by molar-refractivity contribution is 0.370. The van der Waals surface area contributed by atoms with Crippen molar-refractivity contribution in [1.82, 2.24) is 10.1 Å². The molecule has 0 saturated carbocycles. The summed E-state index contributed by atoms with van der Waals surface area (Å²) in [4.78, 5) is 4.23. The Labute approximate surface area is 128 Å². The van der Waals surface area contributed by atoms with Gasteiger partial charge in [-0.05, 0) is 24.6 Å². The molecule has 0 aliphatic carbocycles. The molecule has 1 aromatic heterocycles. The highest BCUT2D eigenvalue weighted by Crippen LogP contribution is 2.20. The Balaban J connectivity index is 2.06. The zero-order chi connectivity index (χ0) is 16.2. The second kappa shape index (κ2) is 6.87. The zero-order valence-corrected chi connectivity index (χ0v) is 13.3. The van der Waals surface area contributed by atoms with Gasteiger partial charge in [-0.25, -0.2) is 12.8 Å². The van der Waals surface area contributed by atoms with Crippen LogP contribution in [0.1, 0.15) is 31.5 Å². The first-order chi connectivity index (χ1) is 10.4. The van der Waals surface area contributed by atoms with Crippen LogP contribution in [0.3, 0.4) is 0 Å². The quantitative estimate of drug-likeness (QED) is 0.787. The molecule has 1 heterocycles. The van der Waals surface area contributed by atoms with E-state index in [-0.39, 0.29) is 17.1 Å². The number of unbranched alkanes of at least 4 members (excludes halogenated alkanes) is 1. The summed E-state index contributed by atoms with van der Waals surface area (Å²) in [6.07, 6.45) is 3.77. The fourth-order valence-corrected chi connectivity index (χ4v) is 2.48. The molecule has 22 heavy (non-hydrogen) atoms. The number of hydrogen-bond donors (Lipinski definition) is 1. The van der Waals surface area contributed by atoms with Crippen LogP contribution < -0.4 is 5.32 Å². The van der Waals surface area contributed by atoms with Gasteiger partial charge in [0.05, 0.1) is 17.1 Å². The molecule has 0 fully saturated rings. The monoisotopic (exact) mass is 327 g/mol. The van der Waals surface area contributed by atoms with Gasteiger partial charge in [0.25, 0.3) is 0 Å². The van der Waals surface area contributed by atoms with Crippen LogP contribution in [0.15, 0.2) is 27.6 Å². The lowest BCUT2D eigenvalue weighted by atomic mass is 10.2. The molecule has 1 aromatic carbocycles. The van der Waals surface area contributed by atoms with Crippen LogP contribution in [-0.2, 0) is 22.8 Å². The summed E-state index contributed by atoms with van der Waals surface area (Å²) in [7, 11) is -3.39. The molecule has 6 nitrogen and oxygen atoms in total. The Hall–Kier alpha value is -1.96. The minimum absolute atomic E-state index is 0.0492. The lowest BCUT2D eigenvalue weighted by Gasteiger charge is -2.07. The molecule has 8 heteroatoms. The molecule has 120 valence electrons. The fourth-order valence-electron chi connectivity index (χ4n) is 1.84. The molecule has 0 aliphatic rings. The number of benzene rings is 1. The van der Waals surface area contributed by atoms with Gasteiger partial charge in [0, 0.05) is 12.7 Å². The van der Waals surface area contributed by atoms with Crippen LogP contribution in [0.2, 0.25) is 0 Å². The summed E-state index contributed by atoms with van der Waals surface area (Å²) in [5.41, 5.74) is 0.0860. The zero-order valence-electron chi connectivity index (χ0n) is 12.5. The first-order valence-electron chi connectivity index (χ1n) is 6.95. The number of nitrogens with zero attached hydrogens (tertiary/aromatic N) is 2. The number of hydrogen-bond acceptors (Lipinski definition) is 6. The summed E-state index contributed by atoms with van der Waals surface area (Å²) in [6, 6.07) is 3.59. The lowest BCUT2D eigenvalue weighted by Crippen LogP contribution is -2.05. The minimum atomic E-state index is -3.39. The topological polar surface area (TPSA) is 85.1 Å². The molecular formula is C14H18FN3O3S. The number of nitrogens with one attached hydrogen (secondary N) is 1. The summed E-state index contributed by atoms with van der Waals surface area (Å²) >= 11 is 0. The molecule has 1 N–H and O–H groups in total. The Morgan fingerprint density at radius 1 is 1.36 bits per heavy atom. The molecule has 0 bridgehead atoms. The maximum Gasteiger partial charge on any atom is 0.226 e. The number of rotatable bonds is 7. The Morgan fingerprint density at radius 3 is 2.82 bits per heavy atom. The molecule has 0 saturated heterocycles. The van der Waals surface area contributed by atoms with Crippen molar-refractivity contribution in [2.24, 2.45) is 0 Å². The van der Waals surface area contributed by atoms with Crippen molar-refractivity contribution in [3.8, 4) is 0 Å². The van der Waals surface area contributed by atoms with Crippen molar-refractivity contribution in [3.05, 3.63) is 35.7 Å². The molecular weight excluding hydrogens is 309 g/mol. The van der Waals surface area contributed by atoms with E-state index in [1.807, 2.05) is 0 Å². The summed E-state index contributed by atoms with van der Waals surface area (Å²) in [6.45, 7) is 2.22. The second-order valence-electron chi connectivity index (χ2n) is 4.98. The van der Waals surface area contributed by atoms with Crippen LogP contribution in [0.4, 0.5) is 10.1 Å². The predicted molar refractivity (Wildman–Crippen MR) is 79.7 cm³/mol. The van der Waals surface area contributed by atoms with Crippen LogP contribution in [0.5, 0.6) is 0 Å². The van der Waals surface area contributed by atoms with Crippen LogP contribution in [0.25, 0.3) is 0 Å². The first kappa shape index (κ1) is 16.4. The largest absolute Gasteiger partial charge is 0.375 e. The number of anilines is 1. The fraction of sp³-hybridized carbons (Fsp3) is 0.429. The first-order valence-corrected chi connectivity index (χ1v) is 8.84. The van der Waals surface area contributed by atoms with Crippen molar-refractivity contribution in [3.63, 3.8) is 0 Å². The van der Waals surface area contributed by atoms with Crippen LogP contribution in [-0.4, -0.2) is 24.8 Å². The van der Waals surface area contributed by atoms with Gasteiger partial charge in [-0.2, -0.15) is 4.98 Å². The van der Waals surface area contributed by atoms with E-state index in [1.54, 1.807) is 0 Å². The third kappa shape index (κ3) is 4.27. The van der Waals surface area contributed by atoms with Gasteiger partial charge in [0.1, 0.15) is 5.82 Å². The van der Waals surface area contributed by atoms with Crippen molar-refractivity contribution in [2.75, 3.05) is 11.6 Å². The summed E-state index contributed by atoms with van der Waals surface area (Å²) < 4.78 is 41.8. The average Bonchev–Trinajstić information content (AvgIpc) is 2.91. The molecule has 0 aliphatic heterocycles. The van der Waals surface area contributed by atoms with Gasteiger partial charge < -0.3 is 9.84 Å². The van der Waals surface area contributed by atoms with Gasteiger partial charge >= 0.3 is 0 Å². The van der Waals surface area contributed by atoms with Gasteiger partial charge in [0.2, 0.25) is 5.89 Å². The molecule has 0 atom stereocenters. The maximum atomic E-state index is 13.7. The standard InChI is InChI=1S/C14H18FN3O3S/c1-3-4-5-14-17-13(18-21-14)9-16-12-8-10(22(2,19)20)6-7-11(12)15/h6-8,16H,3-5,9H2,1-2H3. The van der Waals surface area contributed by atoms with Gasteiger partial charge in [-0.3, -0.25) is 0 Å².